The van der Waals surface area contributed by atoms with Crippen molar-refractivity contribution < 1.29 is 9.63 Å². The number of amides is 2. The Kier molecular flexibility index (Phi) is 3.82. The number of nitrogens with zero attached hydrogens (tertiary/aromatic N) is 1. The van der Waals surface area contributed by atoms with Gasteiger partial charge >= 0.3 is 6.03 Å². The molecule has 2 N–H and O–H groups in total. The Morgan fingerprint density at radius 1 is 1.50 bits per heavy atom. The zero-order valence-corrected chi connectivity index (χ0v) is 10.6. The van der Waals surface area contributed by atoms with Crippen LogP contribution >= 0.6 is 0 Å². The van der Waals surface area contributed by atoms with E-state index in [0.717, 1.165) is 23.4 Å². The van der Waals surface area contributed by atoms with Gasteiger partial charge in [-0.3, -0.25) is 0 Å². The zero-order chi connectivity index (χ0) is 13.0. The second kappa shape index (κ2) is 5.53. The van der Waals surface area contributed by atoms with E-state index >= 15 is 0 Å². The van der Waals surface area contributed by atoms with E-state index in [4.69, 9.17) is 4.84 Å². The molecule has 2 amide bonds. The minimum Gasteiger partial charge on any atom is -0.390 e. The quantitative estimate of drug-likeness (QED) is 0.860. The third kappa shape index (κ3) is 3.48. The van der Waals surface area contributed by atoms with Crippen LogP contribution in [0.3, 0.4) is 0 Å². The minimum atomic E-state index is -0.228. The Morgan fingerprint density at radius 2 is 2.33 bits per heavy atom. The molecule has 1 aromatic carbocycles. The molecule has 5 heteroatoms. The Balaban J connectivity index is 1.76. The number of carbonyl (C=O) groups excluding carboxylic acids is 1. The highest BCUT2D eigenvalue weighted by molar-refractivity contribution is 5.89. The SMILES string of the molecule is CC1=NO[C@H](CNC(=O)Nc2cccc(C)c2)C1. The second-order valence-electron chi connectivity index (χ2n) is 4.46. The van der Waals surface area contributed by atoms with Crippen LogP contribution in [0.1, 0.15) is 18.9 Å². The van der Waals surface area contributed by atoms with E-state index in [1.54, 1.807) is 0 Å². The van der Waals surface area contributed by atoms with Crippen molar-refractivity contribution in [1.82, 2.24) is 5.32 Å². The van der Waals surface area contributed by atoms with Gasteiger partial charge in [0.15, 0.2) is 0 Å². The lowest BCUT2D eigenvalue weighted by atomic mass is 10.2. The highest BCUT2D eigenvalue weighted by Gasteiger charge is 2.18. The van der Waals surface area contributed by atoms with Gasteiger partial charge in [-0.1, -0.05) is 17.3 Å². The third-order valence-corrected chi connectivity index (χ3v) is 2.65. The summed E-state index contributed by atoms with van der Waals surface area (Å²) in [5, 5.41) is 9.38. The van der Waals surface area contributed by atoms with Gasteiger partial charge < -0.3 is 15.5 Å². The lowest BCUT2D eigenvalue weighted by Gasteiger charge is -2.11. The molecule has 5 nitrogen and oxygen atoms in total. The first-order valence-electron chi connectivity index (χ1n) is 5.94. The van der Waals surface area contributed by atoms with E-state index in [0.29, 0.717) is 6.54 Å². The number of aryl methyl sites for hydroxylation is 1. The highest BCUT2D eigenvalue weighted by Crippen LogP contribution is 2.10. The predicted octanol–water partition coefficient (Wildman–Crippen LogP) is 2.28. The summed E-state index contributed by atoms with van der Waals surface area (Å²) in [5.74, 6) is 0. The van der Waals surface area contributed by atoms with E-state index in [-0.39, 0.29) is 12.1 Å². The summed E-state index contributed by atoms with van der Waals surface area (Å²) in [4.78, 5) is 16.8. The fourth-order valence-corrected chi connectivity index (χ4v) is 1.78. The van der Waals surface area contributed by atoms with Crippen LogP contribution in [0.4, 0.5) is 10.5 Å². The number of hydrogen-bond donors (Lipinski definition) is 2. The van der Waals surface area contributed by atoms with Crippen LogP contribution in [0.15, 0.2) is 29.4 Å². The monoisotopic (exact) mass is 247 g/mol. The topological polar surface area (TPSA) is 62.7 Å². The van der Waals surface area contributed by atoms with Crippen LogP contribution < -0.4 is 10.6 Å². The number of benzene rings is 1. The molecule has 1 aliphatic rings. The molecule has 2 rings (SSSR count). The molecule has 1 aromatic rings. The average Bonchev–Trinajstić information content (AvgIpc) is 2.73. The van der Waals surface area contributed by atoms with Gasteiger partial charge in [0.05, 0.1) is 12.3 Å². The van der Waals surface area contributed by atoms with E-state index in [1.165, 1.54) is 0 Å². The number of rotatable bonds is 3. The fourth-order valence-electron chi connectivity index (χ4n) is 1.78. The van der Waals surface area contributed by atoms with Crippen molar-refractivity contribution in [1.29, 1.82) is 0 Å². The number of urea groups is 1. The maximum absolute atomic E-state index is 11.6. The summed E-state index contributed by atoms with van der Waals surface area (Å²) in [5.41, 5.74) is 2.85. The Hall–Kier alpha value is -2.04. The molecular weight excluding hydrogens is 230 g/mol. The van der Waals surface area contributed by atoms with Crippen molar-refractivity contribution in [3.05, 3.63) is 29.8 Å². The lowest BCUT2D eigenvalue weighted by molar-refractivity contribution is 0.0870. The predicted molar refractivity (Wildman–Crippen MR) is 70.8 cm³/mol. The molecule has 18 heavy (non-hydrogen) atoms. The molecule has 0 saturated carbocycles. The lowest BCUT2D eigenvalue weighted by Crippen LogP contribution is -2.35. The number of carbonyl (C=O) groups is 1. The third-order valence-electron chi connectivity index (χ3n) is 2.65. The Morgan fingerprint density at radius 3 is 3.00 bits per heavy atom. The van der Waals surface area contributed by atoms with Crippen molar-refractivity contribution in [2.75, 3.05) is 11.9 Å². The Bertz CT molecular complexity index is 471. The average molecular weight is 247 g/mol. The maximum Gasteiger partial charge on any atom is 0.319 e. The summed E-state index contributed by atoms with van der Waals surface area (Å²) >= 11 is 0. The molecule has 0 fully saturated rings. The van der Waals surface area contributed by atoms with Gasteiger partial charge in [-0.25, -0.2) is 4.79 Å². The molecule has 1 aliphatic heterocycles. The number of nitrogens with one attached hydrogen (secondary N) is 2. The highest BCUT2D eigenvalue weighted by atomic mass is 16.6. The van der Waals surface area contributed by atoms with Gasteiger partial charge in [0.1, 0.15) is 6.10 Å². The van der Waals surface area contributed by atoms with Gasteiger partial charge in [0, 0.05) is 12.1 Å². The molecule has 0 aliphatic carbocycles. The summed E-state index contributed by atoms with van der Waals surface area (Å²) in [6.07, 6.45) is 0.721. The largest absolute Gasteiger partial charge is 0.390 e. The van der Waals surface area contributed by atoms with Crippen LogP contribution in [-0.2, 0) is 4.84 Å². The Labute approximate surface area is 106 Å². The van der Waals surface area contributed by atoms with Crippen LogP contribution in [-0.4, -0.2) is 24.4 Å². The number of oxime groups is 1. The van der Waals surface area contributed by atoms with E-state index in [9.17, 15) is 4.79 Å². The molecule has 0 bridgehead atoms. The summed E-state index contributed by atoms with van der Waals surface area (Å²) in [6.45, 7) is 4.35. The molecule has 0 spiro atoms. The van der Waals surface area contributed by atoms with Crippen LogP contribution in [0, 0.1) is 6.92 Å². The number of hydrogen-bond acceptors (Lipinski definition) is 3. The maximum atomic E-state index is 11.6. The molecule has 1 atom stereocenters. The van der Waals surface area contributed by atoms with Crippen LogP contribution in [0.25, 0.3) is 0 Å². The van der Waals surface area contributed by atoms with E-state index in [2.05, 4.69) is 15.8 Å². The van der Waals surface area contributed by atoms with Gasteiger partial charge in [0.25, 0.3) is 0 Å². The normalized spacial score (nSPS) is 17.9. The van der Waals surface area contributed by atoms with Crippen molar-refractivity contribution in [2.45, 2.75) is 26.4 Å². The van der Waals surface area contributed by atoms with Gasteiger partial charge in [-0.15, -0.1) is 0 Å². The molecule has 0 unspecified atom stereocenters. The van der Waals surface area contributed by atoms with Crippen molar-refractivity contribution in [2.24, 2.45) is 5.16 Å². The first-order valence-corrected chi connectivity index (χ1v) is 5.94. The summed E-state index contributed by atoms with van der Waals surface area (Å²) in [6, 6.07) is 7.43. The number of anilines is 1. The second-order valence-corrected chi connectivity index (χ2v) is 4.46. The van der Waals surface area contributed by atoms with Gasteiger partial charge in [0.2, 0.25) is 0 Å². The molecule has 96 valence electrons. The zero-order valence-electron chi connectivity index (χ0n) is 10.6. The molecule has 0 aromatic heterocycles. The van der Waals surface area contributed by atoms with Crippen LogP contribution in [0.2, 0.25) is 0 Å². The smallest absolute Gasteiger partial charge is 0.319 e. The van der Waals surface area contributed by atoms with Crippen molar-refractivity contribution >= 4 is 17.4 Å². The van der Waals surface area contributed by atoms with E-state index in [1.807, 2.05) is 38.1 Å². The first-order chi connectivity index (χ1) is 8.63. The molecule has 1 heterocycles. The molecular formula is C13H17N3O2. The molecule has 0 saturated heterocycles. The van der Waals surface area contributed by atoms with Gasteiger partial charge in [-0.05, 0) is 31.5 Å². The summed E-state index contributed by atoms with van der Waals surface area (Å²) in [7, 11) is 0. The van der Waals surface area contributed by atoms with Crippen molar-refractivity contribution in [3.63, 3.8) is 0 Å². The van der Waals surface area contributed by atoms with E-state index < -0.39 is 0 Å². The molecule has 0 radical (unpaired) electrons. The fraction of sp³-hybridized carbons (Fsp3) is 0.385. The first kappa shape index (κ1) is 12.4. The standard InChI is InChI=1S/C13H17N3O2/c1-9-4-3-5-11(6-9)15-13(17)14-8-12-7-10(2)16-18-12/h3-6,12H,7-8H2,1-2H3,(H2,14,15,17)/t12-/m0/s1. The van der Waals surface area contributed by atoms with Crippen molar-refractivity contribution in [3.8, 4) is 0 Å². The summed E-state index contributed by atoms with van der Waals surface area (Å²) < 4.78 is 0. The van der Waals surface area contributed by atoms with Crippen LogP contribution in [0.5, 0.6) is 0 Å². The van der Waals surface area contributed by atoms with Gasteiger partial charge in [-0.2, -0.15) is 0 Å². The minimum absolute atomic E-state index is 0.0479.